The van der Waals surface area contributed by atoms with Crippen LogP contribution in [0.15, 0.2) is 152 Å². The molecule has 2 aliphatic heterocycles. The number of nitrogens with two attached hydrogens (primary N) is 1. The first-order valence-corrected chi connectivity index (χ1v) is 46.1. The molecule has 0 bridgehead atoms. The number of nitro benzene ring substituents is 3. The van der Waals surface area contributed by atoms with Gasteiger partial charge in [-0.1, -0.05) is 267 Å². The zero-order chi connectivity index (χ0) is 85.5. The van der Waals surface area contributed by atoms with Crippen LogP contribution in [0.4, 0.5) is 22.9 Å². The van der Waals surface area contributed by atoms with Crippen LogP contribution in [0.25, 0.3) is 5.52 Å². The standard InChI is InChI=1S/C49H69N6O11P.C40H57N2O10P/c1-4-5-6-7-8-9-10-11-12-13-14-15-16-17-18-22-31-59-33-41(60-32-38-23-20-19-21-24-38)34-61-67(58,66-40-27-25-39(26-28-40)55(56)57)62-35-43-45-46(65-48(2,3)64-45)49(36-50,63-43)44-30-29-42-47(51)52-37-53-54(42)44;1-2-3-4-5-6-7-8-9-10-11-12-13-14-15-16-20-31-48-33-40(49-32-35-21-18-17-19-22-35)34-50-53(47,51-38-27-23-36(24-28-38)41(43)44)52-39-29-25-37(26-30-39)42(45)46/h19-21,23-30,37,41,43,45-46H,4-18,22,31-35H2,1-3H3,(H2,51,52,53);17-19,21-30,40H,2-16,20,31-34H2,1H3/t41-,43+,45+,46+,49-,67?;40-/m00/s1. The van der Waals surface area contributed by atoms with Crippen molar-refractivity contribution in [3.8, 4) is 23.3 Å². The number of nitro groups is 3. The lowest BCUT2D eigenvalue weighted by Gasteiger charge is -2.29. The third-order valence-electron chi connectivity index (χ3n) is 20.8. The molecule has 9 rings (SSSR count). The summed E-state index contributed by atoms with van der Waals surface area (Å²) in [6.45, 7) is 8.87. The van der Waals surface area contributed by atoms with E-state index in [4.69, 9.17) is 66.0 Å². The summed E-state index contributed by atoms with van der Waals surface area (Å²) in [5.74, 6) is -0.938. The minimum Gasteiger partial charge on any atom is -0.404 e. The summed E-state index contributed by atoms with van der Waals surface area (Å²) in [7, 11) is -9.04. The van der Waals surface area contributed by atoms with E-state index in [-0.39, 0.29) is 79.8 Å². The summed E-state index contributed by atoms with van der Waals surface area (Å²) in [5.41, 5.74) is 6.42. The number of non-ortho nitro benzene ring substituents is 3. The van der Waals surface area contributed by atoms with E-state index in [1.807, 2.05) is 60.7 Å². The average molecular weight is 1710 g/mol. The van der Waals surface area contributed by atoms with E-state index in [1.165, 1.54) is 257 Å². The maximum atomic E-state index is 14.7. The maximum Gasteiger partial charge on any atom is 0.587 e. The van der Waals surface area contributed by atoms with Gasteiger partial charge in [0, 0.05) is 49.6 Å². The topological polar surface area (TPSA) is 364 Å². The molecule has 2 N–H and O–H groups in total. The Bertz CT molecular complexity index is 4140. The number of phosphoric ester groups is 2. The fourth-order valence-corrected chi connectivity index (χ4v) is 16.7. The zero-order valence-electron chi connectivity index (χ0n) is 70.5. The van der Waals surface area contributed by atoms with Crippen molar-refractivity contribution in [2.24, 2.45) is 0 Å². The number of anilines is 1. The highest BCUT2D eigenvalue weighted by Crippen LogP contribution is 2.55. The van der Waals surface area contributed by atoms with Gasteiger partial charge < -0.3 is 52.5 Å². The minimum atomic E-state index is -4.59. The van der Waals surface area contributed by atoms with Crippen LogP contribution in [0.3, 0.4) is 0 Å². The summed E-state index contributed by atoms with van der Waals surface area (Å²) in [4.78, 5) is 36.0. The Kier molecular flexibility index (Phi) is 43.3. The predicted octanol–water partition coefficient (Wildman–Crippen LogP) is 22.9. The van der Waals surface area contributed by atoms with E-state index < -0.39 is 78.9 Å². The molecule has 0 amide bonds. The highest BCUT2D eigenvalue weighted by Gasteiger charge is 2.66. The van der Waals surface area contributed by atoms with Gasteiger partial charge in [-0.25, -0.2) is 18.6 Å². The van der Waals surface area contributed by atoms with Crippen molar-refractivity contribution in [2.75, 3.05) is 52.0 Å². The van der Waals surface area contributed by atoms with Gasteiger partial charge in [-0.15, -0.1) is 0 Å². The molecule has 5 aromatic carbocycles. The number of hydrogen-bond donors (Lipinski definition) is 1. The molecule has 0 spiro atoms. The number of unbranched alkanes of at least 4 members (excludes halogenated alkanes) is 30. The molecule has 4 heterocycles. The smallest absolute Gasteiger partial charge is 0.404 e. The first-order valence-electron chi connectivity index (χ1n) is 43.2. The van der Waals surface area contributed by atoms with Gasteiger partial charge in [0.15, 0.2) is 11.6 Å². The van der Waals surface area contributed by atoms with Crippen molar-refractivity contribution in [1.82, 2.24) is 14.6 Å². The minimum absolute atomic E-state index is 0.00217. The summed E-state index contributed by atoms with van der Waals surface area (Å²) >= 11 is 0. The van der Waals surface area contributed by atoms with E-state index >= 15 is 0 Å². The number of nitrogens with zero attached hydrogens (tertiary/aromatic N) is 7. The van der Waals surface area contributed by atoms with Gasteiger partial charge in [-0.3, -0.25) is 43.9 Å². The highest BCUT2D eigenvalue weighted by molar-refractivity contribution is 7.49. The van der Waals surface area contributed by atoms with E-state index in [9.17, 15) is 44.7 Å². The normalized spacial score (nSPS) is 17.1. The molecule has 2 aromatic heterocycles. The number of phosphoric acid groups is 2. The van der Waals surface area contributed by atoms with Gasteiger partial charge in [0.1, 0.15) is 65.7 Å². The lowest BCUT2D eigenvalue weighted by Crippen LogP contribution is -2.40. The molecule has 0 aliphatic carbocycles. The predicted molar refractivity (Wildman–Crippen MR) is 458 cm³/mol. The van der Waals surface area contributed by atoms with E-state index in [0.29, 0.717) is 24.4 Å². The molecule has 120 heavy (non-hydrogen) atoms. The first kappa shape index (κ1) is 97.1. The van der Waals surface area contributed by atoms with Gasteiger partial charge in [-0.05, 0) is 86.3 Å². The molecule has 2 saturated heterocycles. The van der Waals surface area contributed by atoms with Crippen LogP contribution < -0.4 is 19.3 Å². The van der Waals surface area contributed by atoms with Crippen LogP contribution in [0, 0.1) is 41.7 Å². The Labute approximate surface area is 707 Å². The Morgan fingerprint density at radius 1 is 0.475 bits per heavy atom. The fraction of sp³-hybridized carbons (Fsp3) is 0.584. The largest absolute Gasteiger partial charge is 0.587 e. The van der Waals surface area contributed by atoms with Crippen LogP contribution >= 0.6 is 15.6 Å². The number of ether oxygens (including phenoxy) is 7. The van der Waals surface area contributed by atoms with Gasteiger partial charge in [0.25, 0.3) is 17.1 Å². The third-order valence-corrected chi connectivity index (χ3v) is 23.5. The summed E-state index contributed by atoms with van der Waals surface area (Å²) in [5, 5.41) is 48.8. The van der Waals surface area contributed by atoms with Crippen molar-refractivity contribution in [2.45, 2.75) is 288 Å². The molecule has 29 nitrogen and oxygen atoms in total. The SMILES string of the molecule is CCCCCCCCCCCCCCCCCCOC[C@@H](COP(=O)(OC[C@H]1O[C@@](C#N)(c2ccc3c(N)ncnn23)[C@@H]2OC(C)(C)O[C@@H]21)Oc1ccc([N+](=O)[O-])cc1)OCc1ccccc1.CCCCCCCCCCCCCCCCCCOC[C@@H](COP(=O)(Oc1ccc([N+](=O)[O-])cc1)Oc1ccc([N+](=O)[O-])cc1)OCc1ccccc1. The van der Waals surface area contributed by atoms with Crippen molar-refractivity contribution in [1.29, 1.82) is 5.26 Å². The molecule has 0 saturated carbocycles. The number of nitrogen functional groups attached to an aromatic ring is 1. The number of aromatic nitrogens is 3. The lowest BCUT2D eigenvalue weighted by molar-refractivity contribution is -0.385. The molecule has 1 unspecified atom stereocenters. The number of hydrogen-bond acceptors (Lipinski definition) is 25. The van der Waals surface area contributed by atoms with Crippen LogP contribution in [-0.2, 0) is 74.7 Å². The molecule has 2 aliphatic rings. The fourth-order valence-electron chi connectivity index (χ4n) is 14.2. The van der Waals surface area contributed by atoms with Crippen molar-refractivity contribution >= 4 is 44.0 Å². The van der Waals surface area contributed by atoms with Crippen LogP contribution in [0.5, 0.6) is 17.2 Å². The van der Waals surface area contributed by atoms with E-state index in [1.54, 1.807) is 26.0 Å². The molecule has 7 aromatic rings. The summed E-state index contributed by atoms with van der Waals surface area (Å²) < 4.78 is 109. The van der Waals surface area contributed by atoms with Crippen molar-refractivity contribution in [3.63, 3.8) is 0 Å². The molecular formula is C89H126N8O21P2. The van der Waals surface area contributed by atoms with E-state index in [2.05, 4.69) is 30.0 Å². The molecule has 2 fully saturated rings. The Morgan fingerprint density at radius 2 is 0.842 bits per heavy atom. The van der Waals surface area contributed by atoms with Gasteiger partial charge in [0.05, 0.1) is 66.7 Å². The van der Waals surface area contributed by atoms with Gasteiger partial charge in [-0.2, -0.15) is 10.4 Å². The molecular weight excluding hydrogens is 1580 g/mol. The zero-order valence-corrected chi connectivity index (χ0v) is 72.3. The van der Waals surface area contributed by atoms with Crippen molar-refractivity contribution in [3.05, 3.63) is 199 Å². The third kappa shape index (κ3) is 34.5. The van der Waals surface area contributed by atoms with Crippen LogP contribution in [0.2, 0.25) is 0 Å². The van der Waals surface area contributed by atoms with E-state index in [0.717, 1.165) is 43.2 Å². The average Bonchev–Trinajstić information content (AvgIpc) is 1.55. The second-order valence-corrected chi connectivity index (χ2v) is 34.2. The van der Waals surface area contributed by atoms with Crippen molar-refractivity contribution < 1.29 is 84.2 Å². The van der Waals surface area contributed by atoms with Gasteiger partial charge >= 0.3 is 15.6 Å². The number of benzene rings is 5. The second-order valence-electron chi connectivity index (χ2n) is 31.1. The highest BCUT2D eigenvalue weighted by atomic mass is 31.2. The number of nitriles is 1. The number of fused-ring (bicyclic) bond motifs is 2. The monoisotopic (exact) mass is 1700 g/mol. The summed E-state index contributed by atoms with van der Waals surface area (Å²) in [6.07, 6.45) is 38.1. The second kappa shape index (κ2) is 53.5. The number of rotatable bonds is 63. The molecule has 31 heteroatoms. The Balaban J connectivity index is 0.000000308. The summed E-state index contributed by atoms with van der Waals surface area (Å²) in [6, 6.07) is 39.7. The molecule has 0 radical (unpaired) electrons. The van der Waals surface area contributed by atoms with Crippen LogP contribution in [-0.4, -0.2) is 112 Å². The lowest BCUT2D eigenvalue weighted by atomic mass is 9.92. The van der Waals surface area contributed by atoms with Gasteiger partial charge in [0.2, 0.25) is 5.60 Å². The Morgan fingerprint density at radius 3 is 1.22 bits per heavy atom. The molecule has 7 atom stereocenters. The Hall–Kier alpha value is -8.33. The first-order chi connectivity index (χ1) is 58.2. The molecule has 658 valence electrons. The maximum absolute atomic E-state index is 14.7. The van der Waals surface area contributed by atoms with Crippen LogP contribution in [0.1, 0.15) is 250 Å². The quantitative estimate of drug-likeness (QED) is 0.0160.